The van der Waals surface area contributed by atoms with Gasteiger partial charge in [-0.1, -0.05) is 20.3 Å². The summed E-state index contributed by atoms with van der Waals surface area (Å²) < 4.78 is 33.8. The molecule has 0 rings (SSSR count). The van der Waals surface area contributed by atoms with Crippen LogP contribution in [-0.4, -0.2) is 18.2 Å². The molecule has 0 heterocycles. The first kappa shape index (κ1) is 15.7. The third kappa shape index (κ3) is 11.2. The van der Waals surface area contributed by atoms with E-state index in [0.717, 1.165) is 12.8 Å². The molecule has 0 saturated heterocycles. The zero-order valence-corrected chi connectivity index (χ0v) is 11.1. The normalized spacial score (nSPS) is 13.6. The van der Waals surface area contributed by atoms with E-state index < -0.39 is 10.4 Å². The van der Waals surface area contributed by atoms with Gasteiger partial charge in [0.25, 0.3) is 0 Å². The van der Waals surface area contributed by atoms with Gasteiger partial charge in [-0.25, -0.2) is 12.0 Å². The summed E-state index contributed by atoms with van der Waals surface area (Å²) in [6.45, 7) is 3.78. The minimum atomic E-state index is -4.52. The standard InChI is InChI=1S/C5H12O4S2.Na/c1-3-4-5(2)10-9-11(6,7)8;/h5H,3-4H2,1-2H3,(H,6,7,8);/q;+1/p-1. The van der Waals surface area contributed by atoms with E-state index in [1.165, 1.54) is 0 Å². The third-order valence-electron chi connectivity index (χ3n) is 0.982. The summed E-state index contributed by atoms with van der Waals surface area (Å²) in [6.07, 6.45) is 1.77. The quantitative estimate of drug-likeness (QED) is 0.240. The SMILES string of the molecule is CCCC(C)SOS(=O)(=O)[O-].[Na+]. The van der Waals surface area contributed by atoms with Crippen LogP contribution in [0.3, 0.4) is 0 Å². The average Bonchev–Trinajstić information content (AvgIpc) is 1.83. The summed E-state index contributed by atoms with van der Waals surface area (Å²) in [5.74, 6) is 0. The molecular formula is C5H11NaO4S2. The molecule has 0 aromatic heterocycles. The molecule has 0 aromatic rings. The van der Waals surface area contributed by atoms with Crippen LogP contribution in [0.4, 0.5) is 0 Å². The molecule has 0 saturated carbocycles. The molecule has 0 N–H and O–H groups in total. The van der Waals surface area contributed by atoms with Gasteiger partial charge in [-0.2, -0.15) is 0 Å². The molecule has 7 heteroatoms. The van der Waals surface area contributed by atoms with E-state index in [-0.39, 0.29) is 34.8 Å². The Labute approximate surface area is 99.9 Å². The van der Waals surface area contributed by atoms with E-state index in [9.17, 15) is 13.0 Å². The molecule has 0 bridgehead atoms. The Kier molecular flexibility index (Phi) is 9.94. The van der Waals surface area contributed by atoms with Crippen LogP contribution in [0.25, 0.3) is 0 Å². The minimum absolute atomic E-state index is 0. The Morgan fingerprint density at radius 1 is 1.58 bits per heavy atom. The van der Waals surface area contributed by atoms with Crippen LogP contribution in [0.5, 0.6) is 0 Å². The predicted octanol–water partition coefficient (Wildman–Crippen LogP) is -1.70. The molecule has 68 valence electrons. The number of hydrogen-bond acceptors (Lipinski definition) is 5. The Balaban J connectivity index is 0. The second kappa shape index (κ2) is 7.61. The van der Waals surface area contributed by atoms with Crippen LogP contribution >= 0.6 is 12.0 Å². The molecule has 0 aliphatic rings. The van der Waals surface area contributed by atoms with Crippen molar-refractivity contribution in [3.63, 3.8) is 0 Å². The maximum atomic E-state index is 9.94. The van der Waals surface area contributed by atoms with Crippen molar-refractivity contribution in [1.82, 2.24) is 0 Å². The molecule has 0 spiro atoms. The van der Waals surface area contributed by atoms with Gasteiger partial charge in [-0.05, 0) is 6.42 Å². The van der Waals surface area contributed by atoms with E-state index in [1.54, 1.807) is 6.92 Å². The van der Waals surface area contributed by atoms with Crippen LogP contribution < -0.4 is 29.6 Å². The smallest absolute Gasteiger partial charge is 0.725 e. The Hall–Kier alpha value is 1.22. The molecule has 0 aliphatic carbocycles. The fourth-order valence-electron chi connectivity index (χ4n) is 0.570. The molecule has 0 radical (unpaired) electrons. The first-order chi connectivity index (χ1) is 4.95. The molecule has 0 fully saturated rings. The van der Waals surface area contributed by atoms with Crippen molar-refractivity contribution in [1.29, 1.82) is 0 Å². The van der Waals surface area contributed by atoms with Gasteiger partial charge < -0.3 is 4.55 Å². The zero-order valence-electron chi connectivity index (χ0n) is 7.44. The molecular weight excluding hydrogens is 211 g/mol. The van der Waals surface area contributed by atoms with Gasteiger partial charge >= 0.3 is 29.6 Å². The van der Waals surface area contributed by atoms with Crippen molar-refractivity contribution < 1.29 is 46.2 Å². The van der Waals surface area contributed by atoms with Gasteiger partial charge in [-0.15, -0.1) is 0 Å². The Bertz CT molecular complexity index is 192. The summed E-state index contributed by atoms with van der Waals surface area (Å²) in [7, 11) is -4.52. The van der Waals surface area contributed by atoms with Crippen molar-refractivity contribution in [2.75, 3.05) is 0 Å². The number of hydrogen-bond donors (Lipinski definition) is 0. The zero-order chi connectivity index (χ0) is 8.91. The van der Waals surface area contributed by atoms with Crippen LogP contribution in [0.1, 0.15) is 26.7 Å². The summed E-state index contributed by atoms with van der Waals surface area (Å²) in [5, 5.41) is 0.0451. The molecule has 0 aliphatic heterocycles. The average molecular weight is 222 g/mol. The van der Waals surface area contributed by atoms with E-state index in [1.807, 2.05) is 6.92 Å². The summed E-state index contributed by atoms with van der Waals surface area (Å²) >= 11 is 0.707. The fraction of sp³-hybridized carbons (Fsp3) is 1.00. The predicted molar refractivity (Wildman–Crippen MR) is 42.7 cm³/mol. The van der Waals surface area contributed by atoms with Crippen LogP contribution in [-0.2, 0) is 14.0 Å². The topological polar surface area (TPSA) is 66.4 Å². The maximum absolute atomic E-state index is 9.94. The monoisotopic (exact) mass is 222 g/mol. The Morgan fingerprint density at radius 2 is 2.08 bits per heavy atom. The second-order valence-electron chi connectivity index (χ2n) is 2.17. The molecule has 4 nitrogen and oxygen atoms in total. The first-order valence-electron chi connectivity index (χ1n) is 3.26. The van der Waals surface area contributed by atoms with Crippen LogP contribution in [0.15, 0.2) is 0 Å². The second-order valence-corrected chi connectivity index (χ2v) is 4.53. The first-order valence-corrected chi connectivity index (χ1v) is 5.40. The van der Waals surface area contributed by atoms with Crippen molar-refractivity contribution in [3.05, 3.63) is 0 Å². The Morgan fingerprint density at radius 3 is 2.42 bits per heavy atom. The fourth-order valence-corrected chi connectivity index (χ4v) is 1.82. The molecule has 0 amide bonds. The van der Waals surface area contributed by atoms with Crippen molar-refractivity contribution in [2.24, 2.45) is 0 Å². The molecule has 1 atom stereocenters. The van der Waals surface area contributed by atoms with Crippen molar-refractivity contribution >= 4 is 22.4 Å². The van der Waals surface area contributed by atoms with Crippen LogP contribution in [0.2, 0.25) is 0 Å². The molecule has 1 unspecified atom stereocenters. The molecule has 12 heavy (non-hydrogen) atoms. The third-order valence-corrected chi connectivity index (χ3v) is 2.53. The minimum Gasteiger partial charge on any atom is -0.725 e. The van der Waals surface area contributed by atoms with E-state index in [2.05, 4.69) is 3.63 Å². The largest absolute Gasteiger partial charge is 1.00 e. The molecule has 0 aromatic carbocycles. The van der Waals surface area contributed by atoms with E-state index >= 15 is 0 Å². The van der Waals surface area contributed by atoms with Gasteiger partial charge in [0.15, 0.2) is 0 Å². The van der Waals surface area contributed by atoms with Gasteiger partial charge in [0.2, 0.25) is 10.4 Å². The van der Waals surface area contributed by atoms with Gasteiger partial charge in [-0.3, -0.25) is 0 Å². The van der Waals surface area contributed by atoms with Crippen molar-refractivity contribution in [3.8, 4) is 0 Å². The summed E-state index contributed by atoms with van der Waals surface area (Å²) in [5.41, 5.74) is 0. The van der Waals surface area contributed by atoms with Gasteiger partial charge in [0.1, 0.15) is 0 Å². The van der Waals surface area contributed by atoms with E-state index in [0.29, 0.717) is 12.0 Å². The summed E-state index contributed by atoms with van der Waals surface area (Å²) in [6, 6.07) is 0. The van der Waals surface area contributed by atoms with Crippen LogP contribution in [0, 0.1) is 0 Å². The van der Waals surface area contributed by atoms with Gasteiger partial charge in [0, 0.05) is 17.3 Å². The van der Waals surface area contributed by atoms with Gasteiger partial charge in [0.05, 0.1) is 0 Å². The summed E-state index contributed by atoms with van der Waals surface area (Å²) in [4.78, 5) is 0. The van der Waals surface area contributed by atoms with E-state index in [4.69, 9.17) is 0 Å². The maximum Gasteiger partial charge on any atom is 1.00 e. The number of rotatable bonds is 5. The van der Waals surface area contributed by atoms with Crippen molar-refractivity contribution in [2.45, 2.75) is 31.9 Å².